The number of hydrogen-bond donors (Lipinski definition) is 0. The molecule has 3 rings (SSSR count). The molecule has 1 unspecified atom stereocenters. The van der Waals surface area contributed by atoms with Crippen molar-refractivity contribution < 1.29 is 23.0 Å². The second-order valence-electron chi connectivity index (χ2n) is 6.79. The molecule has 0 saturated carbocycles. The summed E-state index contributed by atoms with van der Waals surface area (Å²) in [6.07, 6.45) is 5.59. The van der Waals surface area contributed by atoms with Crippen LogP contribution in [0.25, 0.3) is 5.57 Å². The van der Waals surface area contributed by atoms with Crippen molar-refractivity contribution in [1.29, 1.82) is 0 Å². The number of ketones is 1. The molecule has 1 fully saturated rings. The lowest BCUT2D eigenvalue weighted by atomic mass is 9.98. The third kappa shape index (κ3) is 5.81. The van der Waals surface area contributed by atoms with E-state index in [1.54, 1.807) is 0 Å². The lowest BCUT2D eigenvalue weighted by Crippen LogP contribution is -2.22. The average molecular weight is 386 g/mol. The predicted octanol–water partition coefficient (Wildman–Crippen LogP) is 5.55. The minimum Gasteiger partial charge on any atom is -0.353 e. The maximum Gasteiger partial charge on any atom is 0.189 e. The zero-order valence-corrected chi connectivity index (χ0v) is 15.7. The highest BCUT2D eigenvalue weighted by Gasteiger charge is 2.15. The van der Waals surface area contributed by atoms with E-state index < -0.39 is 17.4 Å². The highest BCUT2D eigenvalue weighted by molar-refractivity contribution is 6.08. The van der Waals surface area contributed by atoms with Gasteiger partial charge in [-0.25, -0.2) is 8.78 Å². The van der Waals surface area contributed by atoms with Crippen molar-refractivity contribution in [3.63, 3.8) is 0 Å². The summed E-state index contributed by atoms with van der Waals surface area (Å²) in [7, 11) is 0. The Morgan fingerprint density at radius 1 is 1.14 bits per heavy atom. The Labute approximate surface area is 164 Å². The van der Waals surface area contributed by atoms with Gasteiger partial charge in [-0.05, 0) is 67.5 Å². The SMILES string of the molecule is O=C(C=C(CCCOC1CCCCO1)c1ccccc1)c1cc(F)ccc1F. The van der Waals surface area contributed by atoms with E-state index in [4.69, 9.17) is 9.47 Å². The van der Waals surface area contributed by atoms with Crippen LogP contribution < -0.4 is 0 Å². The van der Waals surface area contributed by atoms with Gasteiger partial charge in [-0.2, -0.15) is 0 Å². The largest absolute Gasteiger partial charge is 0.353 e. The number of carbonyl (C=O) groups is 1. The zero-order chi connectivity index (χ0) is 19.8. The lowest BCUT2D eigenvalue weighted by molar-refractivity contribution is -0.162. The first-order valence-electron chi connectivity index (χ1n) is 9.62. The molecule has 2 aromatic carbocycles. The molecule has 0 radical (unpaired) electrons. The summed E-state index contributed by atoms with van der Waals surface area (Å²) in [5, 5.41) is 0. The van der Waals surface area contributed by atoms with Crippen molar-refractivity contribution in [3.8, 4) is 0 Å². The molecule has 0 amide bonds. The Kier molecular flexibility index (Phi) is 7.46. The van der Waals surface area contributed by atoms with E-state index in [2.05, 4.69) is 0 Å². The van der Waals surface area contributed by atoms with Crippen LogP contribution in [0.1, 0.15) is 48.0 Å². The van der Waals surface area contributed by atoms with Gasteiger partial charge in [0.05, 0.1) is 12.2 Å². The molecule has 1 aliphatic rings. The van der Waals surface area contributed by atoms with E-state index in [9.17, 15) is 13.6 Å². The first kappa shape index (κ1) is 20.4. The Morgan fingerprint density at radius 2 is 1.96 bits per heavy atom. The normalized spacial score (nSPS) is 17.5. The van der Waals surface area contributed by atoms with Gasteiger partial charge in [-0.3, -0.25) is 4.79 Å². The highest BCUT2D eigenvalue weighted by Crippen LogP contribution is 2.23. The summed E-state index contributed by atoms with van der Waals surface area (Å²) in [5.41, 5.74) is 1.38. The molecule has 2 aromatic rings. The van der Waals surface area contributed by atoms with Gasteiger partial charge >= 0.3 is 0 Å². The van der Waals surface area contributed by atoms with Crippen molar-refractivity contribution in [3.05, 3.63) is 77.4 Å². The van der Waals surface area contributed by atoms with Crippen LogP contribution in [0.15, 0.2) is 54.6 Å². The standard InChI is InChI=1S/C23H24F2O3/c24-19-11-12-21(25)20(16-19)22(26)15-18(17-7-2-1-3-8-17)9-6-14-28-23-10-4-5-13-27-23/h1-3,7-8,11-12,15-16,23H,4-6,9-10,13-14H2. The summed E-state index contributed by atoms with van der Waals surface area (Å²) >= 11 is 0. The molecule has 5 heteroatoms. The van der Waals surface area contributed by atoms with Crippen molar-refractivity contribution >= 4 is 11.4 Å². The molecule has 28 heavy (non-hydrogen) atoms. The molecule has 0 aliphatic carbocycles. The fourth-order valence-corrected chi connectivity index (χ4v) is 3.19. The summed E-state index contributed by atoms with van der Waals surface area (Å²) < 4.78 is 38.7. The quantitative estimate of drug-likeness (QED) is 0.339. The van der Waals surface area contributed by atoms with E-state index >= 15 is 0 Å². The molecule has 1 heterocycles. The molecular weight excluding hydrogens is 362 g/mol. The van der Waals surface area contributed by atoms with Gasteiger partial charge in [0.2, 0.25) is 0 Å². The number of allylic oxidation sites excluding steroid dienone is 2. The minimum atomic E-state index is -0.729. The number of ether oxygens (including phenoxy) is 2. The smallest absolute Gasteiger partial charge is 0.189 e. The number of benzene rings is 2. The lowest BCUT2D eigenvalue weighted by Gasteiger charge is -2.22. The van der Waals surface area contributed by atoms with E-state index in [-0.39, 0.29) is 11.9 Å². The minimum absolute atomic E-state index is 0.152. The number of rotatable bonds is 8. The van der Waals surface area contributed by atoms with Crippen LogP contribution in [0.3, 0.4) is 0 Å². The maximum atomic E-state index is 13.9. The van der Waals surface area contributed by atoms with Crippen molar-refractivity contribution in [2.45, 2.75) is 38.4 Å². The Morgan fingerprint density at radius 3 is 2.71 bits per heavy atom. The Balaban J connectivity index is 1.69. The Bertz CT molecular complexity index is 812. The molecule has 3 nitrogen and oxygen atoms in total. The number of hydrogen-bond acceptors (Lipinski definition) is 3. The van der Waals surface area contributed by atoms with E-state index in [1.165, 1.54) is 6.08 Å². The van der Waals surface area contributed by atoms with Crippen LogP contribution in [0, 0.1) is 11.6 Å². The molecule has 1 aliphatic heterocycles. The number of halogens is 2. The van der Waals surface area contributed by atoms with Crippen LogP contribution >= 0.6 is 0 Å². The molecule has 0 bridgehead atoms. The molecular formula is C23H24F2O3. The van der Waals surface area contributed by atoms with Gasteiger partial charge in [-0.1, -0.05) is 30.3 Å². The topological polar surface area (TPSA) is 35.5 Å². The fourth-order valence-electron chi connectivity index (χ4n) is 3.19. The second-order valence-corrected chi connectivity index (χ2v) is 6.79. The van der Waals surface area contributed by atoms with Crippen LogP contribution in [-0.4, -0.2) is 25.3 Å². The van der Waals surface area contributed by atoms with Crippen LogP contribution in [-0.2, 0) is 9.47 Å². The van der Waals surface area contributed by atoms with Gasteiger partial charge in [0.1, 0.15) is 11.6 Å². The van der Waals surface area contributed by atoms with E-state index in [1.807, 2.05) is 30.3 Å². The van der Waals surface area contributed by atoms with Crippen molar-refractivity contribution in [2.24, 2.45) is 0 Å². The third-order valence-electron chi connectivity index (χ3n) is 4.68. The Hall–Kier alpha value is -2.37. The second kappa shape index (κ2) is 10.2. The van der Waals surface area contributed by atoms with Gasteiger partial charge in [0.15, 0.2) is 12.1 Å². The van der Waals surface area contributed by atoms with Gasteiger partial charge in [0, 0.05) is 6.61 Å². The summed E-state index contributed by atoms with van der Waals surface area (Å²) in [6.45, 7) is 1.24. The van der Waals surface area contributed by atoms with Crippen molar-refractivity contribution in [1.82, 2.24) is 0 Å². The monoisotopic (exact) mass is 386 g/mol. The third-order valence-corrected chi connectivity index (χ3v) is 4.68. The summed E-state index contributed by atoms with van der Waals surface area (Å²) in [5.74, 6) is -1.92. The van der Waals surface area contributed by atoms with Crippen molar-refractivity contribution in [2.75, 3.05) is 13.2 Å². The van der Waals surface area contributed by atoms with Crippen LogP contribution in [0.4, 0.5) is 8.78 Å². The first-order chi connectivity index (χ1) is 13.6. The molecule has 0 spiro atoms. The van der Waals surface area contributed by atoms with E-state index in [0.29, 0.717) is 19.4 Å². The molecule has 0 aromatic heterocycles. The predicted molar refractivity (Wildman–Crippen MR) is 104 cm³/mol. The van der Waals surface area contributed by atoms with Crippen LogP contribution in [0.5, 0.6) is 0 Å². The van der Waals surface area contributed by atoms with Gasteiger partial charge in [0.25, 0.3) is 0 Å². The molecule has 1 saturated heterocycles. The first-order valence-corrected chi connectivity index (χ1v) is 9.62. The van der Waals surface area contributed by atoms with Gasteiger partial charge in [-0.15, -0.1) is 0 Å². The average Bonchev–Trinajstić information content (AvgIpc) is 2.73. The molecule has 1 atom stereocenters. The highest BCUT2D eigenvalue weighted by atomic mass is 19.1. The summed E-state index contributed by atoms with van der Waals surface area (Å²) in [6, 6.07) is 12.3. The van der Waals surface area contributed by atoms with Crippen LogP contribution in [0.2, 0.25) is 0 Å². The number of carbonyl (C=O) groups excluding carboxylic acids is 1. The molecule has 148 valence electrons. The zero-order valence-electron chi connectivity index (χ0n) is 15.7. The maximum absolute atomic E-state index is 13.9. The van der Waals surface area contributed by atoms with Gasteiger partial charge < -0.3 is 9.47 Å². The summed E-state index contributed by atoms with van der Waals surface area (Å²) in [4.78, 5) is 12.5. The molecule has 0 N–H and O–H groups in total. The van der Waals surface area contributed by atoms with E-state index in [0.717, 1.165) is 55.2 Å². The fraction of sp³-hybridized carbons (Fsp3) is 0.348.